The number of hydrogen-bond acceptors (Lipinski definition) is 8. The van der Waals surface area contributed by atoms with Crippen LogP contribution >= 0.6 is 0 Å². The fourth-order valence-electron chi connectivity index (χ4n) is 8.18. The Balaban J connectivity index is 1.20. The fraction of sp³-hybridized carbons (Fsp3) is 0.581. The van der Waals surface area contributed by atoms with Gasteiger partial charge in [0.1, 0.15) is 11.8 Å². The van der Waals surface area contributed by atoms with Crippen molar-refractivity contribution in [3.05, 3.63) is 63.7 Å². The maximum absolute atomic E-state index is 12.5. The maximum atomic E-state index is 12.5. The molecule has 4 aliphatic rings. The summed E-state index contributed by atoms with van der Waals surface area (Å²) in [6.07, 6.45) is 10.4. The van der Waals surface area contributed by atoms with Crippen molar-refractivity contribution >= 4 is 23.3 Å². The molecule has 11 nitrogen and oxygen atoms in total. The number of nitro groups is 1. The number of allylic oxidation sites excluding steroid dienone is 4. The van der Waals surface area contributed by atoms with E-state index >= 15 is 0 Å². The van der Waals surface area contributed by atoms with E-state index in [0.717, 1.165) is 44.6 Å². The Morgan fingerprint density at radius 1 is 1.19 bits per heavy atom. The van der Waals surface area contributed by atoms with E-state index in [-0.39, 0.29) is 22.1 Å². The molecule has 4 aliphatic carbocycles. The molecule has 3 fully saturated rings. The van der Waals surface area contributed by atoms with Gasteiger partial charge in [0.05, 0.1) is 10.5 Å². The topological polar surface area (TPSA) is 172 Å². The summed E-state index contributed by atoms with van der Waals surface area (Å²) in [5.74, 6) is -0.763. The van der Waals surface area contributed by atoms with Crippen LogP contribution in [0.5, 0.6) is 0 Å². The number of carbonyl (C=O) groups is 2. The lowest BCUT2D eigenvalue weighted by Crippen LogP contribution is -2.53. The molecule has 0 spiro atoms. The van der Waals surface area contributed by atoms with E-state index in [0.29, 0.717) is 23.5 Å². The first-order chi connectivity index (χ1) is 19.8. The number of rotatable bonds is 8. The van der Waals surface area contributed by atoms with Gasteiger partial charge in [-0.05, 0) is 86.3 Å². The van der Waals surface area contributed by atoms with Crippen LogP contribution in [0.1, 0.15) is 71.0 Å². The van der Waals surface area contributed by atoms with Crippen molar-refractivity contribution in [2.24, 2.45) is 33.7 Å². The molecule has 8 atom stereocenters. The summed E-state index contributed by atoms with van der Waals surface area (Å²) < 4.78 is 0. The smallest absolute Gasteiger partial charge is 0.329 e. The zero-order valence-electron chi connectivity index (χ0n) is 24.2. The summed E-state index contributed by atoms with van der Waals surface area (Å²) in [4.78, 5) is 39.8. The molecule has 11 heteroatoms. The Morgan fingerprint density at radius 3 is 2.64 bits per heavy atom. The molecule has 42 heavy (non-hydrogen) atoms. The van der Waals surface area contributed by atoms with E-state index in [4.69, 9.17) is 4.84 Å². The van der Waals surface area contributed by atoms with E-state index in [1.54, 1.807) is 0 Å². The van der Waals surface area contributed by atoms with Gasteiger partial charge in [-0.15, -0.1) is 0 Å². The van der Waals surface area contributed by atoms with Gasteiger partial charge >= 0.3 is 5.97 Å². The minimum atomic E-state index is -1.75. The number of fused-ring (bicyclic) bond motifs is 5. The fourth-order valence-corrected chi connectivity index (χ4v) is 8.18. The number of aliphatic carboxylic acids is 1. The molecule has 0 saturated heterocycles. The number of non-ortho nitro benzene ring substituents is 1. The van der Waals surface area contributed by atoms with E-state index in [2.05, 4.69) is 30.4 Å². The van der Waals surface area contributed by atoms with Crippen LogP contribution in [0.2, 0.25) is 0 Å². The highest BCUT2D eigenvalue weighted by molar-refractivity contribution is 6.05. The van der Waals surface area contributed by atoms with Crippen LogP contribution in [-0.4, -0.2) is 56.1 Å². The molecule has 1 aromatic rings. The summed E-state index contributed by atoms with van der Waals surface area (Å²) in [7, 11) is 0. The maximum Gasteiger partial charge on any atom is 0.329 e. The van der Waals surface area contributed by atoms with Crippen LogP contribution < -0.4 is 5.32 Å². The zero-order chi connectivity index (χ0) is 30.4. The molecule has 4 N–H and O–H groups in total. The molecule has 226 valence electrons. The molecular formula is C31H39N3O8. The minimum absolute atomic E-state index is 0.0179. The number of carboxylic acids is 1. The van der Waals surface area contributed by atoms with Crippen molar-refractivity contribution < 1.29 is 34.7 Å². The van der Waals surface area contributed by atoms with E-state index in [9.17, 15) is 35.0 Å². The summed E-state index contributed by atoms with van der Waals surface area (Å²) in [5.41, 5.74) is 0.745. The van der Waals surface area contributed by atoms with Crippen molar-refractivity contribution in [1.82, 2.24) is 5.32 Å². The Labute approximate surface area is 244 Å². The van der Waals surface area contributed by atoms with E-state index in [1.165, 1.54) is 23.8 Å². The number of nitrogens with one attached hydrogen (secondary N) is 1. The largest absolute Gasteiger partial charge is 0.480 e. The van der Waals surface area contributed by atoms with E-state index in [1.807, 2.05) is 19.1 Å². The van der Waals surface area contributed by atoms with Crippen LogP contribution in [0, 0.1) is 38.7 Å². The van der Waals surface area contributed by atoms with Gasteiger partial charge in [-0.2, -0.15) is 0 Å². The quantitative estimate of drug-likeness (QED) is 0.263. The van der Waals surface area contributed by atoms with E-state index < -0.39 is 41.2 Å². The standard InChI is InChI=1S/C31H39N3O8/c1-29-12-9-20(16-19(29)7-8-22-23(29)10-13-30(2)24(22)11-14-31(30,3)39)33-42-17-25(35)32-26(28(37)38)27(36)18-5-4-6-21(15-18)34(40)41/h4-6,9,12,15-16,22-24,26-27,36,39H,7-8,10-11,13-14,17H2,1-3H3,(H,32,35)(H,37,38)/b33-20+/t22?,23?,24?,26?,27?,29-,30-,31-/m0/s1. The second-order valence-electron chi connectivity index (χ2n) is 12.9. The highest BCUT2D eigenvalue weighted by atomic mass is 16.6. The van der Waals surface area contributed by atoms with Crippen LogP contribution in [0.15, 0.2) is 53.2 Å². The van der Waals surface area contributed by atoms with Crippen LogP contribution in [0.3, 0.4) is 0 Å². The monoisotopic (exact) mass is 581 g/mol. The number of carbonyl (C=O) groups excluding carboxylic acids is 1. The van der Waals surface area contributed by atoms with Gasteiger partial charge in [0.2, 0.25) is 0 Å². The SMILES string of the molecule is C[C@]12C=C/C(=N\OCC(=O)NC(C(=O)O)C(O)c3cccc([N+](=O)[O-])c3)C=C1CCC1C2CC[C@@]2(C)C1CC[C@]2(C)O. The molecule has 0 heterocycles. The Bertz CT molecular complexity index is 1370. The molecule has 0 bridgehead atoms. The molecule has 1 aromatic carbocycles. The van der Waals surface area contributed by atoms with Gasteiger partial charge in [-0.1, -0.05) is 42.8 Å². The highest BCUT2D eigenvalue weighted by Gasteiger charge is 2.62. The van der Waals surface area contributed by atoms with Gasteiger partial charge in [0, 0.05) is 17.5 Å². The second-order valence-corrected chi connectivity index (χ2v) is 12.9. The molecule has 1 amide bonds. The summed E-state index contributed by atoms with van der Waals surface area (Å²) in [6.45, 7) is 5.99. The predicted molar refractivity (Wildman–Crippen MR) is 153 cm³/mol. The Kier molecular flexibility index (Phi) is 7.78. The lowest BCUT2D eigenvalue weighted by atomic mass is 9.47. The van der Waals surface area contributed by atoms with Gasteiger partial charge in [0.25, 0.3) is 11.6 Å². The highest BCUT2D eigenvalue weighted by Crippen LogP contribution is 2.66. The number of amides is 1. The molecule has 0 aromatic heterocycles. The first kappa shape index (κ1) is 29.9. The van der Waals surface area contributed by atoms with Crippen molar-refractivity contribution in [2.75, 3.05) is 6.61 Å². The lowest BCUT2D eigenvalue weighted by molar-refractivity contribution is -0.385. The molecular weight excluding hydrogens is 542 g/mol. The summed E-state index contributed by atoms with van der Waals surface area (Å²) >= 11 is 0. The normalized spacial score (nSPS) is 35.7. The number of benzene rings is 1. The third-order valence-electron chi connectivity index (χ3n) is 10.8. The van der Waals surface area contributed by atoms with Gasteiger partial charge in [-0.3, -0.25) is 14.9 Å². The third kappa shape index (κ3) is 5.13. The number of aliphatic hydroxyl groups excluding tert-OH is 1. The number of nitro benzene ring substituents is 1. The molecule has 5 unspecified atom stereocenters. The number of aliphatic hydroxyl groups is 2. The van der Waals surface area contributed by atoms with Crippen molar-refractivity contribution in [3.8, 4) is 0 Å². The molecule has 0 aliphatic heterocycles. The van der Waals surface area contributed by atoms with Crippen LogP contribution in [0.25, 0.3) is 0 Å². The van der Waals surface area contributed by atoms with Crippen molar-refractivity contribution in [3.63, 3.8) is 0 Å². The lowest BCUT2D eigenvalue weighted by Gasteiger charge is -2.58. The number of hydrogen-bond donors (Lipinski definition) is 4. The summed E-state index contributed by atoms with van der Waals surface area (Å²) in [5, 5.41) is 48.5. The first-order valence-electron chi connectivity index (χ1n) is 14.5. The molecule has 5 rings (SSSR count). The predicted octanol–water partition coefficient (Wildman–Crippen LogP) is 4.06. The minimum Gasteiger partial charge on any atom is -0.480 e. The van der Waals surface area contributed by atoms with Gasteiger partial charge < -0.3 is 25.5 Å². The number of carboxylic acid groups (broad SMARTS) is 1. The van der Waals surface area contributed by atoms with Crippen LogP contribution in [0.4, 0.5) is 5.69 Å². The Morgan fingerprint density at radius 2 is 1.93 bits per heavy atom. The summed E-state index contributed by atoms with van der Waals surface area (Å²) in [6, 6.07) is 3.19. The number of nitrogens with zero attached hydrogens (tertiary/aromatic N) is 2. The van der Waals surface area contributed by atoms with Crippen molar-refractivity contribution in [1.29, 1.82) is 0 Å². The Hall–Kier alpha value is -3.57. The average molecular weight is 582 g/mol. The number of oxime groups is 1. The van der Waals surface area contributed by atoms with Gasteiger partial charge in [-0.25, -0.2) is 4.79 Å². The third-order valence-corrected chi connectivity index (χ3v) is 10.8. The molecule has 3 saturated carbocycles. The first-order valence-corrected chi connectivity index (χ1v) is 14.5. The second kappa shape index (κ2) is 10.9. The average Bonchev–Trinajstić information content (AvgIpc) is 3.19. The van der Waals surface area contributed by atoms with Gasteiger partial charge in [0.15, 0.2) is 12.6 Å². The van der Waals surface area contributed by atoms with Crippen molar-refractivity contribution in [2.45, 2.75) is 77.0 Å². The zero-order valence-corrected chi connectivity index (χ0v) is 24.2. The van der Waals surface area contributed by atoms with Crippen LogP contribution in [-0.2, 0) is 14.4 Å². The molecule has 0 radical (unpaired) electrons.